The molecule has 0 bridgehead atoms. The van der Waals surface area contributed by atoms with Gasteiger partial charge in [-0.1, -0.05) is 30.3 Å². The van der Waals surface area contributed by atoms with Crippen molar-refractivity contribution in [3.8, 4) is 5.75 Å². The highest BCUT2D eigenvalue weighted by molar-refractivity contribution is 5.91. The number of anilines is 3. The third kappa shape index (κ3) is 4.80. The van der Waals surface area contributed by atoms with Gasteiger partial charge in [-0.2, -0.15) is 5.10 Å². The quantitative estimate of drug-likeness (QED) is 0.467. The van der Waals surface area contributed by atoms with Crippen LogP contribution in [-0.2, 0) is 0 Å². The first-order valence-electron chi connectivity index (χ1n) is 11.0. The summed E-state index contributed by atoms with van der Waals surface area (Å²) in [7, 11) is 3.82. The van der Waals surface area contributed by atoms with Crippen LogP contribution in [-0.4, -0.2) is 65.4 Å². The number of aromatic amines is 1. The summed E-state index contributed by atoms with van der Waals surface area (Å²) in [5, 5.41) is 11.9. The number of nitrogens with one attached hydrogen (secondary N) is 2. The summed E-state index contributed by atoms with van der Waals surface area (Å²) >= 11 is 0. The van der Waals surface area contributed by atoms with Gasteiger partial charge in [0, 0.05) is 37.6 Å². The van der Waals surface area contributed by atoms with Crippen LogP contribution in [0.3, 0.4) is 0 Å². The summed E-state index contributed by atoms with van der Waals surface area (Å²) in [6.45, 7) is 3.88. The minimum atomic E-state index is 0.643. The number of methoxy groups -OCH3 is 1. The van der Waals surface area contributed by atoms with Crippen LogP contribution in [0.2, 0.25) is 0 Å². The van der Waals surface area contributed by atoms with Crippen molar-refractivity contribution in [2.24, 2.45) is 0 Å². The average molecular weight is 442 g/mol. The molecule has 8 heteroatoms. The number of ether oxygens (including phenoxy) is 1. The van der Waals surface area contributed by atoms with Gasteiger partial charge in [-0.3, -0.25) is 5.10 Å². The number of rotatable bonds is 6. The number of aromatic nitrogens is 4. The average Bonchev–Trinajstić information content (AvgIpc) is 3.26. The van der Waals surface area contributed by atoms with E-state index < -0.39 is 0 Å². The summed E-state index contributed by atoms with van der Waals surface area (Å²) in [4.78, 5) is 14.2. The number of likely N-dealkylation sites (N-methyl/N-ethyl adjacent to an activating group) is 1. The molecular weight excluding hydrogens is 414 g/mol. The monoisotopic (exact) mass is 441 g/mol. The molecule has 33 heavy (non-hydrogen) atoms. The zero-order chi connectivity index (χ0) is 22.6. The van der Waals surface area contributed by atoms with Crippen LogP contribution >= 0.6 is 0 Å². The van der Waals surface area contributed by atoms with Crippen molar-refractivity contribution < 1.29 is 4.74 Å². The Hall–Kier alpha value is -3.91. The number of hydrogen-bond donors (Lipinski definition) is 2. The largest absolute Gasteiger partial charge is 0.497 e. The van der Waals surface area contributed by atoms with E-state index in [2.05, 4.69) is 32.4 Å². The molecule has 0 atom stereocenters. The highest BCUT2D eigenvalue weighted by atomic mass is 16.5. The van der Waals surface area contributed by atoms with Gasteiger partial charge >= 0.3 is 0 Å². The predicted octanol–water partition coefficient (Wildman–Crippen LogP) is 4.03. The van der Waals surface area contributed by atoms with Crippen molar-refractivity contribution in [3.05, 3.63) is 66.0 Å². The fraction of sp³-hybridized carbons (Fsp3) is 0.240. The van der Waals surface area contributed by atoms with Gasteiger partial charge in [0.25, 0.3) is 0 Å². The molecule has 0 saturated carbocycles. The Bertz CT molecular complexity index is 1260. The van der Waals surface area contributed by atoms with Gasteiger partial charge in [0.05, 0.1) is 12.6 Å². The highest BCUT2D eigenvalue weighted by Crippen LogP contribution is 2.25. The van der Waals surface area contributed by atoms with Crippen molar-refractivity contribution in [1.29, 1.82) is 0 Å². The molecule has 0 unspecified atom stereocenters. The van der Waals surface area contributed by atoms with Crippen molar-refractivity contribution in [3.63, 3.8) is 0 Å². The fourth-order valence-corrected chi connectivity index (χ4v) is 3.85. The molecule has 1 fully saturated rings. The summed E-state index contributed by atoms with van der Waals surface area (Å²) in [5.74, 6) is 3.85. The van der Waals surface area contributed by atoms with E-state index in [4.69, 9.17) is 14.7 Å². The Morgan fingerprint density at radius 3 is 2.55 bits per heavy atom. The standard InChI is InChI=1S/C25H27N7O/c1-31-13-15-32(16-14-31)24-17-23(28-25-20-5-3-4-6-21(20)29-30-25)26-22(27-24)12-9-18-7-10-19(33-2)11-8-18/h3-12,17H,13-16H2,1-2H3,(H2,26,27,28,29,30)/b12-9+. The van der Waals surface area contributed by atoms with E-state index in [0.717, 1.165) is 60.0 Å². The minimum Gasteiger partial charge on any atom is -0.497 e. The molecule has 8 nitrogen and oxygen atoms in total. The third-order valence-electron chi connectivity index (χ3n) is 5.81. The molecule has 3 heterocycles. The molecule has 0 spiro atoms. The number of fused-ring (bicyclic) bond motifs is 1. The molecule has 2 N–H and O–H groups in total. The van der Waals surface area contributed by atoms with Gasteiger partial charge in [-0.05, 0) is 43.0 Å². The molecule has 4 aromatic rings. The van der Waals surface area contributed by atoms with Gasteiger partial charge in [0.1, 0.15) is 17.4 Å². The first-order chi connectivity index (χ1) is 16.2. The van der Waals surface area contributed by atoms with E-state index in [1.165, 1.54) is 0 Å². The minimum absolute atomic E-state index is 0.643. The zero-order valence-electron chi connectivity index (χ0n) is 18.8. The van der Waals surface area contributed by atoms with Crippen LogP contribution in [0, 0.1) is 0 Å². The van der Waals surface area contributed by atoms with Crippen LogP contribution in [0.5, 0.6) is 5.75 Å². The summed E-state index contributed by atoms with van der Waals surface area (Å²) < 4.78 is 5.24. The van der Waals surface area contributed by atoms with Crippen molar-refractivity contribution in [1.82, 2.24) is 25.1 Å². The van der Waals surface area contributed by atoms with Crippen LogP contribution < -0.4 is 15.0 Å². The number of piperazine rings is 1. The van der Waals surface area contributed by atoms with Gasteiger partial charge < -0.3 is 19.9 Å². The number of H-pyrrole nitrogens is 1. The topological polar surface area (TPSA) is 82.2 Å². The van der Waals surface area contributed by atoms with Crippen LogP contribution in [0.15, 0.2) is 54.6 Å². The third-order valence-corrected chi connectivity index (χ3v) is 5.81. The van der Waals surface area contributed by atoms with Crippen molar-refractivity contribution in [2.45, 2.75) is 0 Å². The lowest BCUT2D eigenvalue weighted by Crippen LogP contribution is -2.44. The van der Waals surface area contributed by atoms with Gasteiger partial charge in [-0.25, -0.2) is 9.97 Å². The molecule has 168 valence electrons. The van der Waals surface area contributed by atoms with Crippen LogP contribution in [0.25, 0.3) is 23.1 Å². The second kappa shape index (κ2) is 9.30. The number of nitrogens with zero attached hydrogens (tertiary/aromatic N) is 5. The fourth-order valence-electron chi connectivity index (χ4n) is 3.85. The van der Waals surface area contributed by atoms with E-state index in [1.54, 1.807) is 7.11 Å². The smallest absolute Gasteiger partial charge is 0.161 e. The van der Waals surface area contributed by atoms with E-state index >= 15 is 0 Å². The summed E-state index contributed by atoms with van der Waals surface area (Å²) in [5.41, 5.74) is 2.03. The number of benzene rings is 2. The Morgan fingerprint density at radius 2 is 1.76 bits per heavy atom. The first-order valence-corrected chi connectivity index (χ1v) is 11.0. The molecule has 0 radical (unpaired) electrons. The van der Waals surface area contributed by atoms with E-state index in [1.807, 2.05) is 66.7 Å². The van der Waals surface area contributed by atoms with Crippen LogP contribution in [0.1, 0.15) is 11.4 Å². The molecule has 1 saturated heterocycles. The van der Waals surface area contributed by atoms with Gasteiger partial charge in [0.2, 0.25) is 0 Å². The molecule has 5 rings (SSSR count). The first kappa shape index (κ1) is 21.0. The second-order valence-electron chi connectivity index (χ2n) is 8.11. The molecular formula is C25H27N7O. The lowest BCUT2D eigenvalue weighted by atomic mass is 10.2. The molecule has 0 aliphatic carbocycles. The number of hydrogen-bond acceptors (Lipinski definition) is 7. The van der Waals surface area contributed by atoms with E-state index in [-0.39, 0.29) is 0 Å². The summed E-state index contributed by atoms with van der Waals surface area (Å²) in [6.07, 6.45) is 3.95. The normalized spacial score (nSPS) is 14.8. The maximum Gasteiger partial charge on any atom is 0.161 e. The van der Waals surface area contributed by atoms with Crippen LogP contribution in [0.4, 0.5) is 17.5 Å². The maximum atomic E-state index is 5.24. The maximum absolute atomic E-state index is 5.24. The molecule has 2 aromatic carbocycles. The van der Waals surface area contributed by atoms with Crippen molar-refractivity contribution >= 4 is 40.5 Å². The Morgan fingerprint density at radius 1 is 0.970 bits per heavy atom. The lowest BCUT2D eigenvalue weighted by molar-refractivity contribution is 0.312. The Kier molecular flexibility index (Phi) is 5.91. The highest BCUT2D eigenvalue weighted by Gasteiger charge is 2.17. The molecule has 1 aliphatic heterocycles. The zero-order valence-corrected chi connectivity index (χ0v) is 18.8. The Labute approximate surface area is 192 Å². The van der Waals surface area contributed by atoms with E-state index in [9.17, 15) is 0 Å². The second-order valence-corrected chi connectivity index (χ2v) is 8.11. The van der Waals surface area contributed by atoms with Gasteiger partial charge in [0.15, 0.2) is 11.6 Å². The number of para-hydroxylation sites is 1. The lowest BCUT2D eigenvalue weighted by Gasteiger charge is -2.33. The predicted molar refractivity (Wildman–Crippen MR) is 133 cm³/mol. The molecule has 1 aliphatic rings. The SMILES string of the molecule is COc1ccc(/C=C/c2nc(Nc3n[nH]c4ccccc34)cc(N3CCN(C)CC3)n2)cc1. The molecule has 2 aromatic heterocycles. The Balaban J connectivity index is 1.46. The summed E-state index contributed by atoms with van der Waals surface area (Å²) in [6, 6.07) is 17.9. The van der Waals surface area contributed by atoms with Gasteiger partial charge in [-0.15, -0.1) is 0 Å². The van der Waals surface area contributed by atoms with E-state index in [0.29, 0.717) is 11.6 Å². The molecule has 0 amide bonds. The van der Waals surface area contributed by atoms with Crippen molar-refractivity contribution in [2.75, 3.05) is 50.6 Å².